The van der Waals surface area contributed by atoms with Crippen molar-refractivity contribution in [2.75, 3.05) is 0 Å². The molecule has 1 aliphatic heterocycles. The molecule has 0 radical (unpaired) electrons. The third-order valence-corrected chi connectivity index (χ3v) is 12.0. The summed E-state index contributed by atoms with van der Waals surface area (Å²) in [5.41, 5.74) is 3.81. The molecule has 0 saturated carbocycles. The van der Waals surface area contributed by atoms with Crippen molar-refractivity contribution in [1.82, 2.24) is 0 Å². The van der Waals surface area contributed by atoms with Crippen molar-refractivity contribution in [2.45, 2.75) is 38.0 Å². The summed E-state index contributed by atoms with van der Waals surface area (Å²) in [5, 5.41) is 5.92. The molecule has 2 unspecified atom stereocenters. The van der Waals surface area contributed by atoms with Gasteiger partial charge in [-0.15, -0.1) is 0 Å². The van der Waals surface area contributed by atoms with Gasteiger partial charge in [0.2, 0.25) is 0 Å². The summed E-state index contributed by atoms with van der Waals surface area (Å²) in [6.07, 6.45) is 2.35. The van der Waals surface area contributed by atoms with Gasteiger partial charge in [-0.1, -0.05) is 79.7 Å². The SMILES string of the molecule is CCC1c2ccc3ccccc3c2C[P+](c2ccccc2)(c2ccccc2)C1C.F[P-](F)(F)(F)(F)F. The third-order valence-electron chi connectivity index (χ3n) is 7.04. The van der Waals surface area contributed by atoms with Gasteiger partial charge in [-0.3, -0.25) is 0 Å². The summed E-state index contributed by atoms with van der Waals surface area (Å²) < 4.78 is 59.2. The van der Waals surface area contributed by atoms with Gasteiger partial charge in [0, 0.05) is 11.5 Å². The average Bonchev–Trinajstić information content (AvgIpc) is 2.83. The summed E-state index contributed by atoms with van der Waals surface area (Å²) in [4.78, 5) is 0. The van der Waals surface area contributed by atoms with E-state index in [2.05, 4.69) is 111 Å². The zero-order valence-corrected chi connectivity index (χ0v) is 21.8. The van der Waals surface area contributed by atoms with E-state index in [0.29, 0.717) is 11.6 Å². The molecule has 1 heterocycles. The zero-order valence-electron chi connectivity index (χ0n) is 20.0. The summed E-state index contributed by atoms with van der Waals surface area (Å²) in [7, 11) is -12.3. The van der Waals surface area contributed by atoms with Gasteiger partial charge in [0.1, 0.15) is 0 Å². The average molecular weight is 540 g/mol. The first-order chi connectivity index (χ1) is 16.7. The second-order valence-corrected chi connectivity index (χ2v) is 15.1. The fourth-order valence-corrected chi connectivity index (χ4v) is 10.7. The van der Waals surface area contributed by atoms with Crippen molar-refractivity contribution in [3.05, 3.63) is 108 Å². The van der Waals surface area contributed by atoms with Crippen molar-refractivity contribution < 1.29 is 25.2 Å². The van der Waals surface area contributed by atoms with E-state index in [1.54, 1.807) is 21.7 Å². The van der Waals surface area contributed by atoms with Crippen molar-refractivity contribution in [2.24, 2.45) is 0 Å². The third kappa shape index (κ3) is 5.93. The molecular weight excluding hydrogens is 512 g/mol. The second kappa shape index (κ2) is 8.85. The van der Waals surface area contributed by atoms with Crippen LogP contribution in [0.1, 0.15) is 37.3 Å². The van der Waals surface area contributed by atoms with Crippen molar-refractivity contribution in [3.63, 3.8) is 0 Å². The zero-order chi connectivity index (χ0) is 26.3. The topological polar surface area (TPSA) is 0 Å². The van der Waals surface area contributed by atoms with Crippen molar-refractivity contribution in [1.29, 1.82) is 0 Å². The predicted octanol–water partition coefficient (Wildman–Crippen LogP) is 10.3. The van der Waals surface area contributed by atoms with E-state index in [-0.39, 0.29) is 0 Å². The minimum absolute atomic E-state index is 0.595. The van der Waals surface area contributed by atoms with Gasteiger partial charge in [0.15, 0.2) is 0 Å². The van der Waals surface area contributed by atoms with E-state index in [1.165, 1.54) is 17.2 Å². The van der Waals surface area contributed by atoms with Crippen LogP contribution in [-0.4, -0.2) is 5.66 Å². The number of fused-ring (bicyclic) bond motifs is 3. The fraction of sp³-hybridized carbons (Fsp3) is 0.214. The fourth-order valence-electron chi connectivity index (χ4n) is 5.59. The Hall–Kier alpha value is -2.42. The number of hydrogen-bond acceptors (Lipinski definition) is 0. The van der Waals surface area contributed by atoms with Crippen LogP contribution in [0.5, 0.6) is 0 Å². The molecule has 5 rings (SSSR count). The Morgan fingerprint density at radius 1 is 0.694 bits per heavy atom. The molecule has 0 spiro atoms. The van der Waals surface area contributed by atoms with Gasteiger partial charge in [0.25, 0.3) is 0 Å². The molecular formula is C28H28F6P2. The van der Waals surface area contributed by atoms with Crippen LogP contribution in [0, 0.1) is 0 Å². The molecule has 0 N–H and O–H groups in total. The first-order valence-corrected chi connectivity index (χ1v) is 15.8. The van der Waals surface area contributed by atoms with E-state index in [0.717, 1.165) is 6.16 Å². The van der Waals surface area contributed by atoms with E-state index >= 15 is 0 Å². The maximum absolute atomic E-state index is 10.7. The quantitative estimate of drug-likeness (QED) is 0.179. The molecule has 4 aromatic rings. The normalized spacial score (nSPS) is 20.9. The van der Waals surface area contributed by atoms with Crippen LogP contribution in [0.4, 0.5) is 25.2 Å². The molecule has 192 valence electrons. The van der Waals surface area contributed by atoms with Gasteiger partial charge in [0.05, 0.1) is 29.7 Å². The van der Waals surface area contributed by atoms with Crippen LogP contribution in [0.2, 0.25) is 0 Å². The van der Waals surface area contributed by atoms with Gasteiger partial charge in [-0.05, 0) is 53.9 Å². The Kier molecular flexibility index (Phi) is 6.55. The molecule has 0 nitrogen and oxygen atoms in total. The number of rotatable bonds is 3. The minimum atomic E-state index is -10.7. The number of halogens is 6. The van der Waals surface area contributed by atoms with E-state index in [1.807, 2.05) is 0 Å². The molecule has 0 bridgehead atoms. The van der Waals surface area contributed by atoms with Crippen molar-refractivity contribution in [3.8, 4) is 0 Å². The van der Waals surface area contributed by atoms with Gasteiger partial charge < -0.3 is 0 Å². The number of hydrogen-bond donors (Lipinski definition) is 0. The Morgan fingerprint density at radius 3 is 1.67 bits per heavy atom. The second-order valence-electron chi connectivity index (χ2n) is 9.27. The van der Waals surface area contributed by atoms with Gasteiger partial charge in [-0.25, -0.2) is 0 Å². The summed E-state index contributed by atoms with van der Waals surface area (Å²) in [6.45, 7) is 4.90. The molecule has 1 aliphatic rings. The van der Waals surface area contributed by atoms with E-state index < -0.39 is 15.1 Å². The summed E-state index contributed by atoms with van der Waals surface area (Å²) in [6, 6.07) is 36.5. The molecule has 0 aliphatic carbocycles. The molecule has 0 saturated heterocycles. The van der Waals surface area contributed by atoms with Crippen LogP contribution in [0.25, 0.3) is 10.8 Å². The van der Waals surface area contributed by atoms with Gasteiger partial charge >= 0.3 is 33.0 Å². The molecule has 0 fully saturated rings. The molecule has 2 atom stereocenters. The maximum atomic E-state index is 9.87. The Morgan fingerprint density at radius 2 is 1.17 bits per heavy atom. The van der Waals surface area contributed by atoms with Crippen LogP contribution in [-0.2, 0) is 6.16 Å². The van der Waals surface area contributed by atoms with Gasteiger partial charge in [-0.2, -0.15) is 0 Å². The first kappa shape index (κ1) is 26.6. The first-order valence-electron chi connectivity index (χ1n) is 11.8. The van der Waals surface area contributed by atoms with E-state index in [4.69, 9.17) is 0 Å². The van der Waals surface area contributed by atoms with Crippen LogP contribution >= 0.6 is 15.1 Å². The van der Waals surface area contributed by atoms with Crippen LogP contribution in [0.3, 0.4) is 0 Å². The van der Waals surface area contributed by atoms with Crippen molar-refractivity contribution >= 4 is 36.5 Å². The predicted molar refractivity (Wildman–Crippen MR) is 143 cm³/mol. The Balaban J connectivity index is 0.000000384. The van der Waals surface area contributed by atoms with Crippen LogP contribution < -0.4 is 10.6 Å². The molecule has 0 amide bonds. The standard InChI is InChI=1S/C28H28P.F6P/c1-3-25-21(2)29(23-13-6-4-7-14-23,24-15-8-5-9-16-24)20-28-26-17-11-10-12-22(26)18-19-27(25)28;1-7(2,3,4,5)6/h4-19,21,25H,3,20H2,1-2H3;/q+1;-1. The summed E-state index contributed by atoms with van der Waals surface area (Å²) in [5.74, 6) is 0.595. The molecule has 8 heteroatoms. The molecule has 0 aromatic heterocycles. The Bertz CT molecular complexity index is 1300. The Labute approximate surface area is 207 Å². The molecule has 4 aromatic carbocycles. The molecule has 36 heavy (non-hydrogen) atoms. The van der Waals surface area contributed by atoms with E-state index in [9.17, 15) is 25.2 Å². The van der Waals surface area contributed by atoms with Crippen LogP contribution in [0.15, 0.2) is 97.1 Å². The number of benzene rings is 4. The monoisotopic (exact) mass is 540 g/mol. The summed E-state index contributed by atoms with van der Waals surface area (Å²) >= 11 is 0.